The number of amidine groups is 1. The van der Waals surface area contributed by atoms with Gasteiger partial charge in [0.15, 0.2) is 5.84 Å². The first-order valence-electron chi connectivity index (χ1n) is 3.85. The van der Waals surface area contributed by atoms with Crippen LogP contribution < -0.4 is 5.73 Å². The van der Waals surface area contributed by atoms with Crippen molar-refractivity contribution >= 4 is 5.84 Å². The minimum Gasteiger partial charge on any atom is -0.508 e. The number of allylic oxidation sites excluding steroid dienone is 3. The highest BCUT2D eigenvalue weighted by molar-refractivity contribution is 5.98. The number of rotatable bonds is 1. The molecule has 1 atom stereocenters. The summed E-state index contributed by atoms with van der Waals surface area (Å²) < 4.78 is 0. The van der Waals surface area contributed by atoms with E-state index in [-0.39, 0.29) is 17.5 Å². The molecule has 0 saturated carbocycles. The molecular formula is C9H12N2O2. The van der Waals surface area contributed by atoms with Crippen LogP contribution in [0.2, 0.25) is 0 Å². The van der Waals surface area contributed by atoms with Crippen molar-refractivity contribution in [3.8, 4) is 0 Å². The predicted molar refractivity (Wildman–Crippen MR) is 50.5 cm³/mol. The molecule has 70 valence electrons. The highest BCUT2D eigenvalue weighted by Crippen LogP contribution is 2.27. The van der Waals surface area contributed by atoms with Crippen LogP contribution in [-0.2, 0) is 0 Å². The van der Waals surface area contributed by atoms with Crippen LogP contribution in [0.15, 0.2) is 40.8 Å². The monoisotopic (exact) mass is 180 g/mol. The lowest BCUT2D eigenvalue weighted by Gasteiger charge is -2.20. The molecule has 0 heterocycles. The Balaban J connectivity index is 3.07. The number of hydrogen-bond acceptors (Lipinski definition) is 3. The van der Waals surface area contributed by atoms with Crippen molar-refractivity contribution in [2.45, 2.75) is 6.92 Å². The van der Waals surface area contributed by atoms with Crippen LogP contribution in [-0.4, -0.2) is 16.1 Å². The van der Waals surface area contributed by atoms with E-state index in [1.807, 2.05) is 6.92 Å². The molecule has 0 aromatic rings. The van der Waals surface area contributed by atoms with Gasteiger partial charge in [-0.05, 0) is 11.6 Å². The van der Waals surface area contributed by atoms with E-state index in [1.165, 1.54) is 6.08 Å². The highest BCUT2D eigenvalue weighted by atomic mass is 16.4. The van der Waals surface area contributed by atoms with E-state index < -0.39 is 0 Å². The van der Waals surface area contributed by atoms with Crippen LogP contribution in [0.4, 0.5) is 0 Å². The van der Waals surface area contributed by atoms with Gasteiger partial charge in [0.25, 0.3) is 0 Å². The van der Waals surface area contributed by atoms with Crippen LogP contribution in [0.1, 0.15) is 6.92 Å². The second-order valence-electron chi connectivity index (χ2n) is 2.91. The van der Waals surface area contributed by atoms with Gasteiger partial charge >= 0.3 is 0 Å². The molecule has 0 radical (unpaired) electrons. The Kier molecular flexibility index (Phi) is 2.41. The Labute approximate surface area is 76.4 Å². The molecule has 1 unspecified atom stereocenters. The third-order valence-electron chi connectivity index (χ3n) is 2.14. The van der Waals surface area contributed by atoms with Crippen LogP contribution >= 0.6 is 0 Å². The Morgan fingerprint density at radius 3 is 2.77 bits per heavy atom. The first-order chi connectivity index (χ1) is 6.07. The maximum atomic E-state index is 9.29. The molecule has 4 heteroatoms. The Bertz CT molecular complexity index is 327. The van der Waals surface area contributed by atoms with Crippen molar-refractivity contribution < 1.29 is 10.3 Å². The van der Waals surface area contributed by atoms with Gasteiger partial charge < -0.3 is 16.0 Å². The summed E-state index contributed by atoms with van der Waals surface area (Å²) in [5, 5.41) is 20.7. The lowest BCUT2D eigenvalue weighted by Crippen LogP contribution is -2.22. The molecule has 4 nitrogen and oxygen atoms in total. The fourth-order valence-corrected chi connectivity index (χ4v) is 1.19. The first-order valence-corrected chi connectivity index (χ1v) is 3.85. The quantitative estimate of drug-likeness (QED) is 0.246. The van der Waals surface area contributed by atoms with E-state index >= 15 is 0 Å². The number of nitrogens with two attached hydrogens (primary N) is 1. The summed E-state index contributed by atoms with van der Waals surface area (Å²) in [4.78, 5) is 0. The van der Waals surface area contributed by atoms with E-state index in [0.717, 1.165) is 0 Å². The predicted octanol–water partition coefficient (Wildman–Crippen LogP) is 1.31. The number of hydrogen-bond donors (Lipinski definition) is 3. The summed E-state index contributed by atoms with van der Waals surface area (Å²) in [7, 11) is 0. The molecule has 0 saturated heterocycles. The van der Waals surface area contributed by atoms with Crippen LogP contribution in [0.25, 0.3) is 0 Å². The molecule has 0 aromatic heterocycles. The third-order valence-corrected chi connectivity index (χ3v) is 2.14. The average molecular weight is 180 g/mol. The van der Waals surface area contributed by atoms with E-state index in [1.54, 1.807) is 6.08 Å². The summed E-state index contributed by atoms with van der Waals surface area (Å²) in [6, 6.07) is 0. The Morgan fingerprint density at radius 2 is 2.23 bits per heavy atom. The van der Waals surface area contributed by atoms with Gasteiger partial charge in [-0.1, -0.05) is 24.7 Å². The van der Waals surface area contributed by atoms with Gasteiger partial charge in [-0.25, -0.2) is 0 Å². The molecule has 0 bridgehead atoms. The van der Waals surface area contributed by atoms with Gasteiger partial charge in [0.2, 0.25) is 0 Å². The van der Waals surface area contributed by atoms with Gasteiger partial charge in [-0.2, -0.15) is 0 Å². The summed E-state index contributed by atoms with van der Waals surface area (Å²) in [6.45, 7) is 5.52. The van der Waals surface area contributed by atoms with Crippen LogP contribution in [0.3, 0.4) is 0 Å². The minimum atomic E-state index is -0.124. The van der Waals surface area contributed by atoms with Crippen molar-refractivity contribution in [2.24, 2.45) is 16.8 Å². The molecule has 1 rings (SSSR count). The Hall–Kier alpha value is -1.71. The smallest absolute Gasteiger partial charge is 0.166 e. The van der Waals surface area contributed by atoms with Crippen molar-refractivity contribution in [2.75, 3.05) is 0 Å². The fourth-order valence-electron chi connectivity index (χ4n) is 1.19. The Morgan fingerprint density at radius 1 is 1.62 bits per heavy atom. The highest BCUT2D eigenvalue weighted by Gasteiger charge is 2.21. The summed E-state index contributed by atoms with van der Waals surface area (Å²) >= 11 is 0. The summed E-state index contributed by atoms with van der Waals surface area (Å²) in [5.41, 5.74) is 6.66. The minimum absolute atomic E-state index is 0.0531. The summed E-state index contributed by atoms with van der Waals surface area (Å²) in [5.74, 6) is 0.0697. The lowest BCUT2D eigenvalue weighted by molar-refractivity contribution is 0.318. The van der Waals surface area contributed by atoms with Crippen molar-refractivity contribution in [3.05, 3.63) is 35.6 Å². The van der Waals surface area contributed by atoms with E-state index in [9.17, 15) is 5.11 Å². The molecule has 13 heavy (non-hydrogen) atoms. The lowest BCUT2D eigenvalue weighted by atomic mass is 9.88. The largest absolute Gasteiger partial charge is 0.508 e. The summed E-state index contributed by atoms with van der Waals surface area (Å²) in [6.07, 6.45) is 3.10. The zero-order valence-corrected chi connectivity index (χ0v) is 7.36. The third kappa shape index (κ3) is 1.56. The van der Waals surface area contributed by atoms with Gasteiger partial charge in [0.1, 0.15) is 5.76 Å². The first kappa shape index (κ1) is 9.38. The SMILES string of the molecule is C=C1C(O)=CC=C(C(N)=NO)C1C. The van der Waals surface area contributed by atoms with Gasteiger partial charge in [-0.3, -0.25) is 0 Å². The zero-order valence-electron chi connectivity index (χ0n) is 7.36. The normalized spacial score (nSPS) is 23.9. The van der Waals surface area contributed by atoms with Crippen molar-refractivity contribution in [1.29, 1.82) is 0 Å². The number of aliphatic hydroxyl groups excluding tert-OH is 1. The molecule has 0 fully saturated rings. The molecule has 0 aliphatic heterocycles. The molecule has 1 aliphatic rings. The second-order valence-corrected chi connectivity index (χ2v) is 2.91. The maximum absolute atomic E-state index is 9.29. The molecule has 0 spiro atoms. The van der Waals surface area contributed by atoms with Gasteiger partial charge in [0.05, 0.1) is 0 Å². The average Bonchev–Trinajstić information content (AvgIpc) is 2.13. The van der Waals surface area contributed by atoms with E-state index in [4.69, 9.17) is 10.9 Å². The fraction of sp³-hybridized carbons (Fsp3) is 0.222. The molecule has 0 amide bonds. The van der Waals surface area contributed by atoms with E-state index in [0.29, 0.717) is 11.1 Å². The van der Waals surface area contributed by atoms with E-state index in [2.05, 4.69) is 11.7 Å². The van der Waals surface area contributed by atoms with Gasteiger partial charge in [0, 0.05) is 11.5 Å². The van der Waals surface area contributed by atoms with Gasteiger partial charge in [-0.15, -0.1) is 0 Å². The molecular weight excluding hydrogens is 168 g/mol. The standard InChI is InChI=1S/C9H12N2O2/c1-5-6(2)8(12)4-3-7(5)9(10)11-13/h3-5,12-13H,2H2,1H3,(H2,10,11). The number of oxime groups is 1. The van der Waals surface area contributed by atoms with Crippen molar-refractivity contribution in [1.82, 2.24) is 0 Å². The van der Waals surface area contributed by atoms with Crippen LogP contribution in [0.5, 0.6) is 0 Å². The second kappa shape index (κ2) is 3.35. The molecule has 0 aromatic carbocycles. The maximum Gasteiger partial charge on any atom is 0.166 e. The molecule has 4 N–H and O–H groups in total. The molecule has 1 aliphatic carbocycles. The van der Waals surface area contributed by atoms with Crippen LogP contribution in [0, 0.1) is 5.92 Å². The topological polar surface area (TPSA) is 78.8 Å². The zero-order chi connectivity index (χ0) is 10.0. The van der Waals surface area contributed by atoms with Crippen molar-refractivity contribution in [3.63, 3.8) is 0 Å². The number of aliphatic hydroxyl groups is 1. The number of nitrogens with zero attached hydrogens (tertiary/aromatic N) is 1.